The van der Waals surface area contributed by atoms with Crippen molar-refractivity contribution in [3.63, 3.8) is 0 Å². The number of thioether (sulfide) groups is 1. The number of hydrogen-bond acceptors (Lipinski definition) is 5. The lowest BCUT2D eigenvalue weighted by atomic mass is 10.0. The van der Waals surface area contributed by atoms with Crippen LogP contribution in [-0.4, -0.2) is 58.0 Å². The van der Waals surface area contributed by atoms with Crippen molar-refractivity contribution in [1.29, 1.82) is 0 Å². The van der Waals surface area contributed by atoms with E-state index in [0.717, 1.165) is 72.1 Å². The van der Waals surface area contributed by atoms with Crippen molar-refractivity contribution in [2.45, 2.75) is 5.16 Å². The molecule has 0 amide bonds. The Morgan fingerprint density at radius 3 is 2.19 bits per heavy atom. The third-order valence-electron chi connectivity index (χ3n) is 5.56. The molecule has 0 N–H and O–H groups in total. The van der Waals surface area contributed by atoms with Crippen molar-refractivity contribution >= 4 is 11.8 Å². The Balaban J connectivity index is 1.58. The quantitative estimate of drug-likeness (QED) is 0.376. The van der Waals surface area contributed by atoms with Crippen molar-refractivity contribution in [1.82, 2.24) is 19.4 Å². The fraction of sp³-hybridized carbons (Fsp3) is 0.231. The first-order valence-electron chi connectivity index (χ1n) is 11.0. The molecule has 1 saturated heterocycles. The van der Waals surface area contributed by atoms with Gasteiger partial charge in [-0.15, -0.1) is 0 Å². The number of imidazole rings is 1. The summed E-state index contributed by atoms with van der Waals surface area (Å²) in [5.41, 5.74) is 4.29. The van der Waals surface area contributed by atoms with Gasteiger partial charge in [0.05, 0.1) is 24.6 Å². The Morgan fingerprint density at radius 1 is 0.812 bits per heavy atom. The number of morpholine rings is 1. The summed E-state index contributed by atoms with van der Waals surface area (Å²) in [5.74, 6) is 1.85. The summed E-state index contributed by atoms with van der Waals surface area (Å²) >= 11 is 1.79. The SMILES string of the molecule is c1ccc(-c2nc(SCCN3CCOCC3)n(-c3ccccn3)c2-c2ccccc2)cc1. The second kappa shape index (κ2) is 10.1. The second-order valence-electron chi connectivity index (χ2n) is 7.65. The van der Waals surface area contributed by atoms with E-state index in [9.17, 15) is 0 Å². The first-order valence-corrected chi connectivity index (χ1v) is 12.0. The molecular weight excluding hydrogens is 416 g/mol. The van der Waals surface area contributed by atoms with Gasteiger partial charge in [-0.1, -0.05) is 78.5 Å². The smallest absolute Gasteiger partial charge is 0.174 e. The van der Waals surface area contributed by atoms with Gasteiger partial charge in [0, 0.05) is 42.7 Å². The van der Waals surface area contributed by atoms with Gasteiger partial charge < -0.3 is 4.74 Å². The van der Waals surface area contributed by atoms with Gasteiger partial charge in [-0.25, -0.2) is 9.97 Å². The zero-order valence-corrected chi connectivity index (χ0v) is 18.7. The number of hydrogen-bond donors (Lipinski definition) is 0. The van der Waals surface area contributed by atoms with E-state index in [0.29, 0.717) is 0 Å². The van der Waals surface area contributed by atoms with Crippen LogP contribution in [0.25, 0.3) is 28.3 Å². The molecule has 1 aliphatic heterocycles. The molecule has 5 rings (SSSR count). The van der Waals surface area contributed by atoms with Crippen molar-refractivity contribution in [2.24, 2.45) is 0 Å². The van der Waals surface area contributed by atoms with Crippen LogP contribution in [0.3, 0.4) is 0 Å². The van der Waals surface area contributed by atoms with Crippen LogP contribution in [0.5, 0.6) is 0 Å². The lowest BCUT2D eigenvalue weighted by Crippen LogP contribution is -2.37. The summed E-state index contributed by atoms with van der Waals surface area (Å²) in [6.07, 6.45) is 1.84. The third-order valence-corrected chi connectivity index (χ3v) is 6.48. The minimum absolute atomic E-state index is 0.823. The molecule has 0 bridgehead atoms. The largest absolute Gasteiger partial charge is 0.379 e. The van der Waals surface area contributed by atoms with E-state index in [1.165, 1.54) is 0 Å². The molecule has 0 unspecified atom stereocenters. The fourth-order valence-corrected chi connectivity index (χ4v) is 4.95. The van der Waals surface area contributed by atoms with Crippen LogP contribution in [-0.2, 0) is 4.74 Å². The fourth-order valence-electron chi connectivity index (χ4n) is 3.95. The lowest BCUT2D eigenvalue weighted by molar-refractivity contribution is 0.0410. The van der Waals surface area contributed by atoms with Crippen molar-refractivity contribution in [3.8, 4) is 28.3 Å². The summed E-state index contributed by atoms with van der Waals surface area (Å²) in [7, 11) is 0. The van der Waals surface area contributed by atoms with Crippen LogP contribution in [0.2, 0.25) is 0 Å². The van der Waals surface area contributed by atoms with Crippen LogP contribution in [0.4, 0.5) is 0 Å². The Labute approximate surface area is 193 Å². The number of benzene rings is 2. The second-order valence-corrected chi connectivity index (χ2v) is 8.71. The highest BCUT2D eigenvalue weighted by atomic mass is 32.2. The van der Waals surface area contributed by atoms with E-state index in [1.54, 1.807) is 11.8 Å². The van der Waals surface area contributed by atoms with Crippen LogP contribution in [0.15, 0.2) is 90.2 Å². The number of nitrogens with zero attached hydrogens (tertiary/aromatic N) is 4. The molecule has 1 aliphatic rings. The van der Waals surface area contributed by atoms with Gasteiger partial charge in [-0.2, -0.15) is 0 Å². The minimum Gasteiger partial charge on any atom is -0.379 e. The molecule has 0 atom stereocenters. The van der Waals surface area contributed by atoms with Gasteiger partial charge in [-0.05, 0) is 12.1 Å². The molecule has 1 fully saturated rings. The standard InChI is InChI=1S/C26H26N4OS/c1-3-9-21(10-4-1)24-25(22-11-5-2-6-12-22)30(23-13-7-8-14-27-23)26(28-24)32-20-17-29-15-18-31-19-16-29/h1-14H,15-20H2. The molecule has 162 valence electrons. The van der Waals surface area contributed by atoms with Gasteiger partial charge in [0.25, 0.3) is 0 Å². The molecule has 0 spiro atoms. The number of ether oxygens (including phenoxy) is 1. The predicted molar refractivity (Wildman–Crippen MR) is 130 cm³/mol. The predicted octanol–water partition coefficient (Wildman–Crippen LogP) is 5.03. The van der Waals surface area contributed by atoms with Gasteiger partial charge in [0.2, 0.25) is 0 Å². The van der Waals surface area contributed by atoms with E-state index >= 15 is 0 Å². The molecule has 6 heteroatoms. The molecular formula is C26H26N4OS. The summed E-state index contributed by atoms with van der Waals surface area (Å²) < 4.78 is 7.70. The number of rotatable bonds is 7. The molecule has 0 radical (unpaired) electrons. The molecule has 4 aromatic rings. The van der Waals surface area contributed by atoms with Crippen LogP contribution < -0.4 is 0 Å². The van der Waals surface area contributed by atoms with Gasteiger partial charge in [0.1, 0.15) is 5.82 Å². The van der Waals surface area contributed by atoms with Gasteiger partial charge >= 0.3 is 0 Å². The maximum atomic E-state index is 5.49. The molecule has 2 aromatic heterocycles. The molecule has 0 aliphatic carbocycles. The Morgan fingerprint density at radius 2 is 1.50 bits per heavy atom. The maximum absolute atomic E-state index is 5.49. The Bertz CT molecular complexity index is 1130. The van der Waals surface area contributed by atoms with Crippen LogP contribution in [0.1, 0.15) is 0 Å². The highest BCUT2D eigenvalue weighted by Gasteiger charge is 2.22. The average Bonchev–Trinajstić information content (AvgIpc) is 3.26. The lowest BCUT2D eigenvalue weighted by Gasteiger charge is -2.26. The molecule has 3 heterocycles. The van der Waals surface area contributed by atoms with E-state index in [-0.39, 0.29) is 0 Å². The first-order chi connectivity index (χ1) is 15.9. The zero-order chi connectivity index (χ0) is 21.6. The summed E-state index contributed by atoms with van der Waals surface area (Å²) in [6.45, 7) is 4.66. The van der Waals surface area contributed by atoms with E-state index in [2.05, 4.69) is 69.0 Å². The van der Waals surface area contributed by atoms with E-state index in [4.69, 9.17) is 9.72 Å². The highest BCUT2D eigenvalue weighted by molar-refractivity contribution is 7.99. The average molecular weight is 443 g/mol. The molecule has 5 nitrogen and oxygen atoms in total. The number of aromatic nitrogens is 3. The Kier molecular flexibility index (Phi) is 6.63. The monoisotopic (exact) mass is 442 g/mol. The van der Waals surface area contributed by atoms with Crippen molar-refractivity contribution in [2.75, 3.05) is 38.6 Å². The highest BCUT2D eigenvalue weighted by Crippen LogP contribution is 2.37. The summed E-state index contributed by atoms with van der Waals surface area (Å²) in [5, 5.41) is 0.967. The normalized spacial score (nSPS) is 14.5. The van der Waals surface area contributed by atoms with Crippen molar-refractivity contribution < 1.29 is 4.74 Å². The summed E-state index contributed by atoms with van der Waals surface area (Å²) in [4.78, 5) is 12.3. The molecule has 2 aromatic carbocycles. The third kappa shape index (κ3) is 4.63. The minimum atomic E-state index is 0.823. The summed E-state index contributed by atoms with van der Waals surface area (Å²) in [6, 6.07) is 26.9. The Hall–Kier alpha value is -2.93. The van der Waals surface area contributed by atoms with Gasteiger partial charge in [-0.3, -0.25) is 9.47 Å². The maximum Gasteiger partial charge on any atom is 0.174 e. The van der Waals surface area contributed by atoms with E-state index < -0.39 is 0 Å². The first kappa shape index (κ1) is 20.9. The van der Waals surface area contributed by atoms with Crippen molar-refractivity contribution in [3.05, 3.63) is 85.1 Å². The van der Waals surface area contributed by atoms with Crippen LogP contribution >= 0.6 is 11.8 Å². The van der Waals surface area contributed by atoms with Crippen LogP contribution in [0, 0.1) is 0 Å². The topological polar surface area (TPSA) is 43.2 Å². The van der Waals surface area contributed by atoms with Gasteiger partial charge in [0.15, 0.2) is 5.16 Å². The zero-order valence-electron chi connectivity index (χ0n) is 17.9. The molecule has 32 heavy (non-hydrogen) atoms. The number of pyridine rings is 1. The molecule has 0 saturated carbocycles. The van der Waals surface area contributed by atoms with E-state index in [1.807, 2.05) is 30.5 Å².